The Morgan fingerprint density at radius 3 is 2.75 bits per heavy atom. The molecule has 7 heteroatoms. The summed E-state index contributed by atoms with van der Waals surface area (Å²) in [4.78, 5) is 23.3. The quantitative estimate of drug-likeness (QED) is 0.858. The Hall–Kier alpha value is -1.76. The molecular weight excluding hydrogens is 328 g/mol. The van der Waals surface area contributed by atoms with Crippen molar-refractivity contribution in [2.45, 2.75) is 6.92 Å². The van der Waals surface area contributed by atoms with E-state index >= 15 is 0 Å². The van der Waals surface area contributed by atoms with E-state index in [0.29, 0.717) is 41.3 Å². The van der Waals surface area contributed by atoms with Crippen LogP contribution in [0.25, 0.3) is 0 Å². The Kier molecular flexibility index (Phi) is 4.84. The lowest BCUT2D eigenvalue weighted by Gasteiger charge is -2.20. The predicted octanol–water partition coefficient (Wildman–Crippen LogP) is 1.09. The number of benzene rings is 1. The maximum Gasteiger partial charge on any atom is 0.251 e. The monoisotopic (exact) mass is 342 g/mol. The van der Waals surface area contributed by atoms with Gasteiger partial charge in [0.2, 0.25) is 5.91 Å². The Morgan fingerprint density at radius 1 is 1.25 bits per heavy atom. The van der Waals surface area contributed by atoms with Crippen LogP contribution >= 0.6 is 15.9 Å². The van der Waals surface area contributed by atoms with Crippen LogP contribution in [-0.4, -0.2) is 38.1 Å². The molecule has 0 aromatic heterocycles. The second kappa shape index (κ2) is 6.60. The number of halogens is 1. The Labute approximate surface area is 124 Å². The number of fused-ring (bicyclic) bond motifs is 1. The van der Waals surface area contributed by atoms with Gasteiger partial charge in [-0.1, -0.05) is 0 Å². The maximum absolute atomic E-state index is 12.0. The highest BCUT2D eigenvalue weighted by Gasteiger charge is 2.19. The van der Waals surface area contributed by atoms with Crippen LogP contribution < -0.4 is 20.1 Å². The number of ether oxygens (including phenoxy) is 2. The SMILES string of the molecule is CCNC(=O)CNC(=O)c1cc(Br)c2c(c1)OCCO2. The zero-order chi connectivity index (χ0) is 14.5. The second-order valence-electron chi connectivity index (χ2n) is 4.12. The molecule has 0 saturated heterocycles. The van der Waals surface area contributed by atoms with Gasteiger partial charge in [-0.3, -0.25) is 9.59 Å². The van der Waals surface area contributed by atoms with E-state index in [4.69, 9.17) is 9.47 Å². The molecule has 1 aromatic carbocycles. The number of hydrogen-bond donors (Lipinski definition) is 2. The normalized spacial score (nSPS) is 12.7. The minimum absolute atomic E-state index is 0.0568. The number of hydrogen-bond acceptors (Lipinski definition) is 4. The molecule has 0 bridgehead atoms. The van der Waals surface area contributed by atoms with Gasteiger partial charge in [-0.25, -0.2) is 0 Å². The molecule has 2 N–H and O–H groups in total. The third-order valence-electron chi connectivity index (χ3n) is 2.64. The zero-order valence-electron chi connectivity index (χ0n) is 11.0. The van der Waals surface area contributed by atoms with Crippen molar-refractivity contribution in [1.82, 2.24) is 10.6 Å². The number of nitrogens with one attached hydrogen (secondary N) is 2. The molecule has 108 valence electrons. The maximum atomic E-state index is 12.0. The molecule has 2 rings (SSSR count). The van der Waals surface area contributed by atoms with Gasteiger partial charge in [0.15, 0.2) is 11.5 Å². The summed E-state index contributed by atoms with van der Waals surface area (Å²) in [5.74, 6) is 0.552. The molecule has 0 fully saturated rings. The highest BCUT2D eigenvalue weighted by atomic mass is 79.9. The molecule has 0 unspecified atom stereocenters. The fourth-order valence-corrected chi connectivity index (χ4v) is 2.32. The summed E-state index contributed by atoms with van der Waals surface area (Å²) >= 11 is 3.34. The summed E-state index contributed by atoms with van der Waals surface area (Å²) in [6.45, 7) is 3.22. The van der Waals surface area contributed by atoms with Crippen molar-refractivity contribution in [3.63, 3.8) is 0 Å². The molecule has 1 aromatic rings. The third-order valence-corrected chi connectivity index (χ3v) is 3.23. The van der Waals surface area contributed by atoms with Crippen LogP contribution in [0.1, 0.15) is 17.3 Å². The van der Waals surface area contributed by atoms with E-state index in [1.165, 1.54) is 0 Å². The summed E-state index contributed by atoms with van der Waals surface area (Å²) in [5, 5.41) is 5.16. The van der Waals surface area contributed by atoms with Crippen molar-refractivity contribution >= 4 is 27.7 Å². The van der Waals surface area contributed by atoms with Gasteiger partial charge >= 0.3 is 0 Å². The molecule has 1 heterocycles. The standard InChI is InChI=1S/C13H15BrN2O4/c1-2-15-11(17)7-16-13(18)8-5-9(14)12-10(6-8)19-3-4-20-12/h5-6H,2-4,7H2,1H3,(H,15,17)(H,16,18). The van der Waals surface area contributed by atoms with Gasteiger partial charge in [0.05, 0.1) is 11.0 Å². The Morgan fingerprint density at radius 2 is 2.00 bits per heavy atom. The smallest absolute Gasteiger partial charge is 0.251 e. The zero-order valence-corrected chi connectivity index (χ0v) is 12.6. The lowest BCUT2D eigenvalue weighted by molar-refractivity contribution is -0.120. The average Bonchev–Trinajstić information content (AvgIpc) is 2.45. The summed E-state index contributed by atoms with van der Waals surface area (Å²) in [6, 6.07) is 3.24. The van der Waals surface area contributed by atoms with E-state index in [9.17, 15) is 9.59 Å². The van der Waals surface area contributed by atoms with Crippen molar-refractivity contribution in [2.75, 3.05) is 26.3 Å². The van der Waals surface area contributed by atoms with Crippen molar-refractivity contribution in [1.29, 1.82) is 0 Å². The number of carbonyl (C=O) groups excluding carboxylic acids is 2. The van der Waals surface area contributed by atoms with Gasteiger partial charge in [-0.2, -0.15) is 0 Å². The molecule has 2 amide bonds. The lowest BCUT2D eigenvalue weighted by atomic mass is 10.2. The molecule has 1 aliphatic heterocycles. The molecule has 0 aliphatic carbocycles. The van der Waals surface area contributed by atoms with Crippen LogP contribution in [0.5, 0.6) is 11.5 Å². The molecule has 20 heavy (non-hydrogen) atoms. The first-order valence-electron chi connectivity index (χ1n) is 6.26. The first-order valence-corrected chi connectivity index (χ1v) is 7.05. The van der Waals surface area contributed by atoms with Crippen LogP contribution in [0.3, 0.4) is 0 Å². The molecule has 0 atom stereocenters. The highest BCUT2D eigenvalue weighted by molar-refractivity contribution is 9.10. The van der Waals surface area contributed by atoms with Gasteiger partial charge in [0, 0.05) is 12.1 Å². The molecule has 0 radical (unpaired) electrons. The second-order valence-corrected chi connectivity index (χ2v) is 4.97. The summed E-state index contributed by atoms with van der Waals surface area (Å²) < 4.78 is 11.5. The number of likely N-dealkylation sites (N-methyl/N-ethyl adjacent to an activating group) is 1. The van der Waals surface area contributed by atoms with Gasteiger partial charge in [0.1, 0.15) is 13.2 Å². The van der Waals surface area contributed by atoms with Crippen LogP contribution in [0.2, 0.25) is 0 Å². The Balaban J connectivity index is 2.07. The van der Waals surface area contributed by atoms with Crippen molar-refractivity contribution in [2.24, 2.45) is 0 Å². The number of carbonyl (C=O) groups is 2. The van der Waals surface area contributed by atoms with E-state index in [2.05, 4.69) is 26.6 Å². The van der Waals surface area contributed by atoms with Crippen molar-refractivity contribution in [3.8, 4) is 11.5 Å². The number of amides is 2. The van der Waals surface area contributed by atoms with Gasteiger partial charge in [-0.05, 0) is 35.0 Å². The van der Waals surface area contributed by atoms with Crippen LogP contribution in [0, 0.1) is 0 Å². The highest BCUT2D eigenvalue weighted by Crippen LogP contribution is 2.38. The molecule has 0 spiro atoms. The molecular formula is C13H15BrN2O4. The summed E-state index contributed by atoms with van der Waals surface area (Å²) in [6.07, 6.45) is 0. The Bertz CT molecular complexity index is 533. The minimum atomic E-state index is -0.339. The van der Waals surface area contributed by atoms with Gasteiger partial charge in [0.25, 0.3) is 5.91 Å². The predicted molar refractivity (Wildman–Crippen MR) is 76.1 cm³/mol. The van der Waals surface area contributed by atoms with E-state index in [-0.39, 0.29) is 18.4 Å². The van der Waals surface area contributed by atoms with E-state index in [1.807, 2.05) is 6.92 Å². The summed E-state index contributed by atoms with van der Waals surface area (Å²) in [5.41, 5.74) is 0.408. The topological polar surface area (TPSA) is 76.7 Å². The largest absolute Gasteiger partial charge is 0.486 e. The average molecular weight is 343 g/mol. The minimum Gasteiger partial charge on any atom is -0.486 e. The van der Waals surface area contributed by atoms with Crippen LogP contribution in [0.4, 0.5) is 0 Å². The molecule has 1 aliphatic rings. The van der Waals surface area contributed by atoms with Gasteiger partial charge < -0.3 is 20.1 Å². The lowest BCUT2D eigenvalue weighted by Crippen LogP contribution is -2.36. The van der Waals surface area contributed by atoms with Gasteiger partial charge in [-0.15, -0.1) is 0 Å². The number of rotatable bonds is 4. The first kappa shape index (κ1) is 14.6. The fourth-order valence-electron chi connectivity index (χ4n) is 1.76. The van der Waals surface area contributed by atoms with E-state index < -0.39 is 0 Å². The molecule has 6 nitrogen and oxygen atoms in total. The first-order chi connectivity index (χ1) is 9.61. The van der Waals surface area contributed by atoms with Crippen LogP contribution in [0.15, 0.2) is 16.6 Å². The summed E-state index contributed by atoms with van der Waals surface area (Å²) in [7, 11) is 0. The molecule has 0 saturated carbocycles. The fraction of sp³-hybridized carbons (Fsp3) is 0.385. The van der Waals surface area contributed by atoms with E-state index in [0.717, 1.165) is 0 Å². The van der Waals surface area contributed by atoms with Crippen LogP contribution in [-0.2, 0) is 4.79 Å². The third kappa shape index (κ3) is 3.41. The van der Waals surface area contributed by atoms with Crippen molar-refractivity contribution < 1.29 is 19.1 Å². The van der Waals surface area contributed by atoms with Crippen molar-refractivity contribution in [3.05, 3.63) is 22.2 Å². The van der Waals surface area contributed by atoms with E-state index in [1.54, 1.807) is 12.1 Å².